The van der Waals surface area contributed by atoms with Gasteiger partial charge in [-0.05, 0) is 44.0 Å². The monoisotopic (exact) mass is 371 g/mol. The number of carbonyl (C=O) groups excluding carboxylic acids is 1. The van der Waals surface area contributed by atoms with Gasteiger partial charge < -0.3 is 14.3 Å². The lowest BCUT2D eigenvalue weighted by molar-refractivity contribution is -0.0312. The molecule has 3 aliphatic heterocycles. The highest BCUT2D eigenvalue weighted by molar-refractivity contribution is 5.87. The highest BCUT2D eigenvalue weighted by Crippen LogP contribution is 2.30. The van der Waals surface area contributed by atoms with Crippen molar-refractivity contribution in [1.29, 1.82) is 0 Å². The first-order valence-corrected chi connectivity index (χ1v) is 9.03. The number of oxazole rings is 1. The Labute approximate surface area is 156 Å². The van der Waals surface area contributed by atoms with Crippen LogP contribution in [-0.4, -0.2) is 52.8 Å². The first kappa shape index (κ1) is 17.5. The van der Waals surface area contributed by atoms with E-state index in [2.05, 4.69) is 9.88 Å². The van der Waals surface area contributed by atoms with Crippen molar-refractivity contribution < 1.29 is 23.8 Å². The van der Waals surface area contributed by atoms with Gasteiger partial charge in [-0.25, -0.2) is 14.6 Å². The molecule has 0 saturated carbocycles. The van der Waals surface area contributed by atoms with E-state index in [0.29, 0.717) is 11.6 Å². The molecular weight excluding hydrogens is 350 g/mol. The Morgan fingerprint density at radius 2 is 2.00 bits per heavy atom. The highest BCUT2D eigenvalue weighted by Gasteiger charge is 2.37. The highest BCUT2D eigenvalue weighted by atomic mass is 16.6. The lowest BCUT2D eigenvalue weighted by atomic mass is 9.86. The van der Waals surface area contributed by atoms with Gasteiger partial charge in [-0.2, -0.15) is 0 Å². The number of anilines is 1. The molecule has 0 radical (unpaired) electrons. The van der Waals surface area contributed by atoms with E-state index in [0.717, 1.165) is 38.7 Å². The number of hydrogen-bond donors (Lipinski definition) is 1. The fraction of sp³-hybridized carbons (Fsp3) is 0.421. The van der Waals surface area contributed by atoms with Crippen molar-refractivity contribution in [2.24, 2.45) is 5.92 Å². The smallest absolute Gasteiger partial charge is 0.415 e. The number of carboxylic acid groups (broad SMARTS) is 1. The number of carboxylic acids is 1. The quantitative estimate of drug-likeness (QED) is 0.863. The van der Waals surface area contributed by atoms with Gasteiger partial charge in [-0.15, -0.1) is 0 Å². The van der Waals surface area contributed by atoms with Crippen LogP contribution in [-0.2, 0) is 11.3 Å². The minimum Gasteiger partial charge on any atom is -0.476 e. The van der Waals surface area contributed by atoms with Crippen molar-refractivity contribution in [1.82, 2.24) is 9.88 Å². The molecule has 8 heteroatoms. The molecule has 2 bridgehead atoms. The van der Waals surface area contributed by atoms with Crippen LogP contribution in [0.3, 0.4) is 0 Å². The van der Waals surface area contributed by atoms with E-state index in [1.165, 1.54) is 4.90 Å². The van der Waals surface area contributed by atoms with Crippen LogP contribution in [0.1, 0.15) is 29.2 Å². The van der Waals surface area contributed by atoms with Crippen LogP contribution < -0.4 is 4.90 Å². The molecule has 8 nitrogen and oxygen atoms in total. The van der Waals surface area contributed by atoms with E-state index in [-0.39, 0.29) is 24.2 Å². The predicted octanol–water partition coefficient (Wildman–Crippen LogP) is 2.61. The summed E-state index contributed by atoms with van der Waals surface area (Å²) in [6.45, 7) is 2.89. The fourth-order valence-electron chi connectivity index (χ4n) is 3.72. The summed E-state index contributed by atoms with van der Waals surface area (Å²) in [4.78, 5) is 31.6. The van der Waals surface area contributed by atoms with E-state index in [1.54, 1.807) is 12.1 Å². The maximum Gasteiger partial charge on any atom is 0.415 e. The summed E-state index contributed by atoms with van der Waals surface area (Å²) in [5, 5.41) is 9.00. The van der Waals surface area contributed by atoms with Crippen molar-refractivity contribution in [2.75, 3.05) is 24.5 Å². The van der Waals surface area contributed by atoms with Gasteiger partial charge in [-0.1, -0.05) is 18.2 Å². The van der Waals surface area contributed by atoms with Gasteiger partial charge in [0, 0.05) is 12.2 Å². The molecule has 3 aliphatic rings. The second-order valence-electron chi connectivity index (χ2n) is 6.91. The van der Waals surface area contributed by atoms with Gasteiger partial charge in [0.05, 0.1) is 0 Å². The van der Waals surface area contributed by atoms with Gasteiger partial charge >= 0.3 is 12.1 Å². The molecule has 2 aromatic rings. The summed E-state index contributed by atoms with van der Waals surface area (Å²) in [7, 11) is 0. The second kappa shape index (κ2) is 7.40. The number of para-hydroxylation sites is 1. The van der Waals surface area contributed by atoms with Crippen molar-refractivity contribution in [3.63, 3.8) is 0 Å². The van der Waals surface area contributed by atoms with Crippen molar-refractivity contribution >= 4 is 17.7 Å². The Bertz CT molecular complexity index is 814. The van der Waals surface area contributed by atoms with Crippen molar-refractivity contribution in [2.45, 2.75) is 25.5 Å². The zero-order valence-electron chi connectivity index (χ0n) is 14.8. The number of aromatic nitrogens is 1. The van der Waals surface area contributed by atoms with E-state index >= 15 is 0 Å². The lowest BCUT2D eigenvalue weighted by Crippen LogP contribution is -2.53. The standard InChI is InChI=1S/C19H21N3O5/c23-18(24)15-12-26-17(20-15)11-22(14-4-2-1-3-5-14)19(25)27-16-10-21-8-6-13(16)7-9-21/h1-5,12-13,16H,6-11H2,(H,23,24)/t16-/m0/s1. The van der Waals surface area contributed by atoms with E-state index in [1.807, 2.05) is 18.2 Å². The SMILES string of the molecule is O=C(O)c1coc(CN(C(=O)O[C@H]2CN3CCC2CC3)c2ccccc2)n1. The number of amides is 1. The van der Waals surface area contributed by atoms with Crippen LogP contribution >= 0.6 is 0 Å². The van der Waals surface area contributed by atoms with E-state index < -0.39 is 12.1 Å². The molecule has 27 heavy (non-hydrogen) atoms. The van der Waals surface area contributed by atoms with Gasteiger partial charge in [0.1, 0.15) is 18.9 Å². The van der Waals surface area contributed by atoms with Crippen LogP contribution in [0.25, 0.3) is 0 Å². The Morgan fingerprint density at radius 1 is 1.26 bits per heavy atom. The summed E-state index contributed by atoms with van der Waals surface area (Å²) in [5.74, 6) is -0.634. The number of piperidine rings is 3. The third-order valence-corrected chi connectivity index (χ3v) is 5.20. The Hall–Kier alpha value is -2.87. The minimum absolute atomic E-state index is 0.00275. The number of nitrogens with zero attached hydrogens (tertiary/aromatic N) is 3. The summed E-state index contributed by atoms with van der Waals surface area (Å²) < 4.78 is 11.0. The van der Waals surface area contributed by atoms with Crippen LogP contribution in [0.4, 0.5) is 10.5 Å². The van der Waals surface area contributed by atoms with Crippen LogP contribution in [0.5, 0.6) is 0 Å². The summed E-state index contributed by atoms with van der Waals surface area (Å²) >= 11 is 0. The number of rotatable bonds is 5. The average molecular weight is 371 g/mol. The maximum absolute atomic E-state index is 12.9. The molecule has 5 rings (SSSR count). The molecular formula is C19H21N3O5. The zero-order valence-corrected chi connectivity index (χ0v) is 14.8. The van der Waals surface area contributed by atoms with Gasteiger partial charge in [0.2, 0.25) is 5.89 Å². The number of benzene rings is 1. The van der Waals surface area contributed by atoms with Gasteiger partial charge in [-0.3, -0.25) is 9.80 Å². The minimum atomic E-state index is -1.17. The van der Waals surface area contributed by atoms with Crippen LogP contribution in [0, 0.1) is 5.92 Å². The Kier molecular flexibility index (Phi) is 4.81. The Balaban J connectivity index is 1.52. The van der Waals surface area contributed by atoms with Crippen LogP contribution in [0.15, 0.2) is 41.0 Å². The number of carbonyl (C=O) groups is 2. The first-order chi connectivity index (χ1) is 13.1. The third kappa shape index (κ3) is 3.80. The molecule has 1 aromatic heterocycles. The number of hydrogen-bond acceptors (Lipinski definition) is 6. The molecule has 1 atom stereocenters. The third-order valence-electron chi connectivity index (χ3n) is 5.20. The van der Waals surface area contributed by atoms with Crippen molar-refractivity contribution in [3.05, 3.63) is 48.2 Å². The zero-order chi connectivity index (χ0) is 18.8. The van der Waals surface area contributed by atoms with Gasteiger partial charge in [0.25, 0.3) is 0 Å². The lowest BCUT2D eigenvalue weighted by Gasteiger charge is -2.44. The summed E-state index contributed by atoms with van der Waals surface area (Å²) in [6, 6.07) is 9.08. The maximum atomic E-state index is 12.9. The van der Waals surface area contributed by atoms with Gasteiger partial charge in [0.15, 0.2) is 5.69 Å². The fourth-order valence-corrected chi connectivity index (χ4v) is 3.72. The molecule has 1 N–H and O–H groups in total. The predicted molar refractivity (Wildman–Crippen MR) is 95.5 cm³/mol. The molecule has 3 saturated heterocycles. The first-order valence-electron chi connectivity index (χ1n) is 9.03. The number of aromatic carboxylic acids is 1. The van der Waals surface area contributed by atoms with E-state index in [4.69, 9.17) is 14.3 Å². The molecule has 0 unspecified atom stereocenters. The topological polar surface area (TPSA) is 96.1 Å². The van der Waals surface area contributed by atoms with E-state index in [9.17, 15) is 9.59 Å². The molecule has 0 aliphatic carbocycles. The average Bonchev–Trinajstić information content (AvgIpc) is 3.17. The van der Waals surface area contributed by atoms with Crippen LogP contribution in [0.2, 0.25) is 0 Å². The van der Waals surface area contributed by atoms with Crippen molar-refractivity contribution in [3.8, 4) is 0 Å². The molecule has 1 amide bonds. The molecule has 0 spiro atoms. The molecule has 3 fully saturated rings. The second-order valence-corrected chi connectivity index (χ2v) is 6.91. The Morgan fingerprint density at radius 3 is 2.59 bits per heavy atom. The normalized spacial score (nSPS) is 23.8. The number of fused-ring (bicyclic) bond motifs is 3. The molecule has 1 aromatic carbocycles. The number of ether oxygens (including phenoxy) is 1. The molecule has 142 valence electrons. The molecule has 4 heterocycles. The largest absolute Gasteiger partial charge is 0.476 e. The summed E-state index contributed by atoms with van der Waals surface area (Å²) in [6.07, 6.45) is 2.57. The summed E-state index contributed by atoms with van der Waals surface area (Å²) in [5.41, 5.74) is 0.447.